The molecule has 0 radical (unpaired) electrons. The van der Waals surface area contributed by atoms with Crippen LogP contribution in [0.4, 0.5) is 5.69 Å². The molecule has 0 aliphatic carbocycles. The van der Waals surface area contributed by atoms with Crippen LogP contribution in [0.5, 0.6) is 0 Å². The molecular formula is C26H21NO5. The van der Waals surface area contributed by atoms with Crippen LogP contribution < -0.4 is 4.90 Å². The fraction of sp³-hybridized carbons (Fsp3) is 0.154. The predicted molar refractivity (Wildman–Crippen MR) is 119 cm³/mol. The molecule has 3 aromatic rings. The number of rotatable bonds is 5. The lowest BCUT2D eigenvalue weighted by Gasteiger charge is -2.14. The predicted octanol–water partition coefficient (Wildman–Crippen LogP) is 4.53. The maximum atomic E-state index is 12.9. The fourth-order valence-corrected chi connectivity index (χ4v) is 3.60. The van der Waals surface area contributed by atoms with Gasteiger partial charge in [-0.25, -0.2) is 9.69 Å². The number of carbonyl (C=O) groups excluding carboxylic acids is 4. The molecule has 0 N–H and O–H groups in total. The van der Waals surface area contributed by atoms with Crippen molar-refractivity contribution in [3.05, 3.63) is 100 Å². The molecule has 1 heterocycles. The lowest BCUT2D eigenvalue weighted by Crippen LogP contribution is -2.29. The number of hydrogen-bond acceptors (Lipinski definition) is 5. The highest BCUT2D eigenvalue weighted by Crippen LogP contribution is 2.29. The van der Waals surface area contributed by atoms with Crippen LogP contribution in [0.15, 0.2) is 66.7 Å². The minimum Gasteiger partial charge on any atom is -0.451 e. The number of benzene rings is 3. The van der Waals surface area contributed by atoms with Crippen LogP contribution >= 0.6 is 0 Å². The summed E-state index contributed by atoms with van der Waals surface area (Å²) >= 11 is 0. The molecule has 0 aromatic heterocycles. The zero-order valence-corrected chi connectivity index (χ0v) is 17.9. The summed E-state index contributed by atoms with van der Waals surface area (Å²) in [6.07, 6.45) is -1.00. The van der Waals surface area contributed by atoms with Gasteiger partial charge < -0.3 is 4.74 Å². The van der Waals surface area contributed by atoms with Crippen molar-refractivity contribution in [3.63, 3.8) is 0 Å². The Balaban J connectivity index is 1.54. The van der Waals surface area contributed by atoms with Crippen LogP contribution in [-0.4, -0.2) is 29.7 Å². The second kappa shape index (κ2) is 8.23. The SMILES string of the molecule is Cc1ccc(C(=O)[C@@H](C)OC(=O)c2ccc3c(c2)C(=O)N(c2cccc(C)c2)C3=O)cc1. The Morgan fingerprint density at radius 2 is 1.44 bits per heavy atom. The van der Waals surface area contributed by atoms with E-state index in [2.05, 4.69) is 0 Å². The average Bonchev–Trinajstić information content (AvgIpc) is 3.03. The molecule has 0 saturated heterocycles. The largest absolute Gasteiger partial charge is 0.451 e. The van der Waals surface area contributed by atoms with E-state index in [9.17, 15) is 19.2 Å². The standard InChI is InChI=1S/C26H21NO5/c1-15-7-9-18(10-8-15)23(28)17(3)32-26(31)19-11-12-21-22(14-19)25(30)27(24(21)29)20-6-4-5-16(2)13-20/h4-14,17H,1-3H3/t17-/m1/s1. The molecule has 4 rings (SSSR count). The number of esters is 1. The second-order valence-electron chi connectivity index (χ2n) is 7.82. The summed E-state index contributed by atoms with van der Waals surface area (Å²) in [7, 11) is 0. The lowest BCUT2D eigenvalue weighted by molar-refractivity contribution is 0.0318. The maximum absolute atomic E-state index is 12.9. The Labute approximate surface area is 185 Å². The first-order chi connectivity index (χ1) is 15.3. The highest BCUT2D eigenvalue weighted by atomic mass is 16.5. The van der Waals surface area contributed by atoms with Crippen molar-refractivity contribution in [2.45, 2.75) is 26.9 Å². The Morgan fingerprint density at radius 3 is 2.12 bits per heavy atom. The number of Topliss-reactive ketones (excluding diaryl/α,β-unsaturated/α-hetero) is 1. The molecule has 32 heavy (non-hydrogen) atoms. The van der Waals surface area contributed by atoms with Crippen molar-refractivity contribution in [1.29, 1.82) is 0 Å². The van der Waals surface area contributed by atoms with Gasteiger partial charge in [-0.15, -0.1) is 0 Å². The van der Waals surface area contributed by atoms with E-state index < -0.39 is 23.9 Å². The van der Waals surface area contributed by atoms with Crippen LogP contribution in [0.1, 0.15) is 59.5 Å². The first kappa shape index (κ1) is 21.2. The summed E-state index contributed by atoms with van der Waals surface area (Å²) in [5, 5.41) is 0. The van der Waals surface area contributed by atoms with Gasteiger partial charge >= 0.3 is 5.97 Å². The van der Waals surface area contributed by atoms with Crippen LogP contribution in [0, 0.1) is 13.8 Å². The van der Waals surface area contributed by atoms with Gasteiger partial charge in [-0.2, -0.15) is 0 Å². The molecule has 1 aliphatic rings. The quantitative estimate of drug-likeness (QED) is 0.339. The number of ketones is 1. The molecule has 3 aromatic carbocycles. The minimum absolute atomic E-state index is 0.0968. The highest BCUT2D eigenvalue weighted by Gasteiger charge is 2.37. The fourth-order valence-electron chi connectivity index (χ4n) is 3.60. The van der Waals surface area contributed by atoms with Gasteiger partial charge in [0.25, 0.3) is 11.8 Å². The van der Waals surface area contributed by atoms with Crippen LogP contribution in [0.25, 0.3) is 0 Å². The summed E-state index contributed by atoms with van der Waals surface area (Å²) in [4.78, 5) is 52.0. The van der Waals surface area contributed by atoms with Gasteiger partial charge in [0.15, 0.2) is 6.10 Å². The van der Waals surface area contributed by atoms with Crippen molar-refractivity contribution in [2.24, 2.45) is 0 Å². The van der Waals surface area contributed by atoms with E-state index in [0.29, 0.717) is 11.3 Å². The van der Waals surface area contributed by atoms with Gasteiger partial charge in [-0.05, 0) is 56.7 Å². The van der Waals surface area contributed by atoms with E-state index in [-0.39, 0.29) is 22.5 Å². The molecule has 0 unspecified atom stereocenters. The number of fused-ring (bicyclic) bond motifs is 1. The smallest absolute Gasteiger partial charge is 0.338 e. The average molecular weight is 427 g/mol. The zero-order chi connectivity index (χ0) is 23.0. The van der Waals surface area contributed by atoms with Gasteiger partial charge in [0.2, 0.25) is 5.78 Å². The third kappa shape index (κ3) is 3.83. The van der Waals surface area contributed by atoms with Gasteiger partial charge in [0, 0.05) is 5.56 Å². The summed E-state index contributed by atoms with van der Waals surface area (Å²) in [5.41, 5.74) is 3.29. The monoisotopic (exact) mass is 427 g/mol. The number of hydrogen-bond donors (Lipinski definition) is 0. The first-order valence-corrected chi connectivity index (χ1v) is 10.2. The Kier molecular flexibility index (Phi) is 5.45. The molecule has 0 fully saturated rings. The van der Waals surface area contributed by atoms with Crippen LogP contribution in [-0.2, 0) is 4.74 Å². The molecule has 6 nitrogen and oxygen atoms in total. The van der Waals surface area contributed by atoms with E-state index in [1.807, 2.05) is 32.0 Å². The summed E-state index contributed by atoms with van der Waals surface area (Å²) in [5.74, 6) is -2.01. The van der Waals surface area contributed by atoms with Crippen molar-refractivity contribution >= 4 is 29.3 Å². The van der Waals surface area contributed by atoms with Crippen molar-refractivity contribution < 1.29 is 23.9 Å². The molecular weight excluding hydrogens is 406 g/mol. The Hall–Kier alpha value is -4.06. The van der Waals surface area contributed by atoms with Gasteiger partial charge in [-0.3, -0.25) is 14.4 Å². The second-order valence-corrected chi connectivity index (χ2v) is 7.82. The maximum Gasteiger partial charge on any atom is 0.338 e. The van der Waals surface area contributed by atoms with Gasteiger partial charge in [0.1, 0.15) is 0 Å². The lowest BCUT2D eigenvalue weighted by atomic mass is 10.0. The number of imide groups is 1. The van der Waals surface area contributed by atoms with Crippen molar-refractivity contribution in [3.8, 4) is 0 Å². The Morgan fingerprint density at radius 1 is 0.781 bits per heavy atom. The van der Waals surface area contributed by atoms with E-state index in [1.165, 1.54) is 25.1 Å². The zero-order valence-electron chi connectivity index (χ0n) is 17.9. The molecule has 0 bridgehead atoms. The molecule has 160 valence electrons. The Bertz CT molecular complexity index is 1260. The topological polar surface area (TPSA) is 80.8 Å². The van der Waals surface area contributed by atoms with Crippen LogP contribution in [0.2, 0.25) is 0 Å². The van der Waals surface area contributed by atoms with Gasteiger partial charge in [-0.1, -0.05) is 42.0 Å². The number of anilines is 1. The normalized spacial score (nSPS) is 13.7. The van der Waals surface area contributed by atoms with Crippen molar-refractivity contribution in [1.82, 2.24) is 0 Å². The minimum atomic E-state index is -1.00. The molecule has 0 saturated carbocycles. The third-order valence-corrected chi connectivity index (χ3v) is 5.37. The molecule has 1 aliphatic heterocycles. The number of amides is 2. The summed E-state index contributed by atoms with van der Waals surface area (Å²) in [6, 6.07) is 18.3. The van der Waals surface area contributed by atoms with E-state index >= 15 is 0 Å². The molecule has 2 amide bonds. The number of carbonyl (C=O) groups is 4. The third-order valence-electron chi connectivity index (χ3n) is 5.37. The molecule has 1 atom stereocenters. The molecule has 0 spiro atoms. The summed E-state index contributed by atoms with van der Waals surface area (Å²) < 4.78 is 5.33. The van der Waals surface area contributed by atoms with Gasteiger partial charge in [0.05, 0.1) is 22.4 Å². The number of ether oxygens (including phenoxy) is 1. The van der Waals surface area contributed by atoms with E-state index in [0.717, 1.165) is 16.0 Å². The number of aryl methyl sites for hydroxylation is 2. The van der Waals surface area contributed by atoms with E-state index in [1.54, 1.807) is 30.3 Å². The van der Waals surface area contributed by atoms with Crippen molar-refractivity contribution in [2.75, 3.05) is 4.90 Å². The highest BCUT2D eigenvalue weighted by molar-refractivity contribution is 6.34. The van der Waals surface area contributed by atoms with E-state index in [4.69, 9.17) is 4.74 Å². The molecule has 6 heteroatoms. The number of nitrogens with zero attached hydrogens (tertiary/aromatic N) is 1. The van der Waals surface area contributed by atoms with Crippen LogP contribution in [0.3, 0.4) is 0 Å². The summed E-state index contributed by atoms with van der Waals surface area (Å²) in [6.45, 7) is 5.29. The first-order valence-electron chi connectivity index (χ1n) is 10.2.